The van der Waals surface area contributed by atoms with Gasteiger partial charge in [0.1, 0.15) is 16.7 Å². The number of amides is 1. The first-order chi connectivity index (χ1) is 16.7. The molecular weight excluding hydrogens is 468 g/mol. The number of hydrogen-bond acceptors (Lipinski definition) is 8. The Balaban J connectivity index is 1.51. The molecule has 7 nitrogen and oxygen atoms in total. The summed E-state index contributed by atoms with van der Waals surface area (Å²) in [5, 5.41) is 14.9. The largest absolute Gasteiger partial charge is 0.497 e. The summed E-state index contributed by atoms with van der Waals surface area (Å²) in [6.45, 7) is 2.42. The van der Waals surface area contributed by atoms with E-state index in [1.165, 1.54) is 23.1 Å². The Hall–Kier alpha value is -3.56. The van der Waals surface area contributed by atoms with Crippen molar-refractivity contribution < 1.29 is 14.3 Å². The lowest BCUT2D eigenvalue weighted by Gasteiger charge is -2.17. The summed E-state index contributed by atoms with van der Waals surface area (Å²) in [6, 6.07) is 24.6. The van der Waals surface area contributed by atoms with Gasteiger partial charge >= 0.3 is 0 Å². The maximum Gasteiger partial charge on any atom is 0.242 e. The van der Waals surface area contributed by atoms with Crippen molar-refractivity contribution in [3.05, 3.63) is 84.4 Å². The number of nitrogens with one attached hydrogen (secondary N) is 2. The molecule has 0 aliphatic carbocycles. The van der Waals surface area contributed by atoms with E-state index in [-0.39, 0.29) is 5.91 Å². The molecule has 4 rings (SSSR count). The number of rotatable bonds is 10. The van der Waals surface area contributed by atoms with Crippen LogP contribution in [-0.2, 0) is 4.79 Å². The molecule has 0 aliphatic rings. The summed E-state index contributed by atoms with van der Waals surface area (Å²) in [7, 11) is 1.63. The topological polar surface area (TPSA) is 85.4 Å². The van der Waals surface area contributed by atoms with E-state index in [1.807, 2.05) is 85.8 Å². The molecule has 1 aromatic heterocycles. The first-order valence-corrected chi connectivity index (χ1v) is 12.3. The molecule has 0 fully saturated rings. The number of methoxy groups -OCH3 is 1. The SMILES string of the molecule is CCOc1ccccc1NC(=O)[C@H](Sc1nnc(Nc2ccc(OC)cc2)s1)c1ccccc1. The Morgan fingerprint density at radius 2 is 1.74 bits per heavy atom. The fourth-order valence-electron chi connectivity index (χ4n) is 3.16. The smallest absolute Gasteiger partial charge is 0.242 e. The lowest BCUT2D eigenvalue weighted by Crippen LogP contribution is -2.19. The molecule has 0 unspecified atom stereocenters. The van der Waals surface area contributed by atoms with Crippen molar-refractivity contribution in [3.8, 4) is 11.5 Å². The molecule has 0 spiro atoms. The van der Waals surface area contributed by atoms with Crippen molar-refractivity contribution >= 4 is 45.5 Å². The molecule has 0 saturated heterocycles. The number of para-hydroxylation sites is 2. The van der Waals surface area contributed by atoms with Gasteiger partial charge in [0, 0.05) is 5.69 Å². The van der Waals surface area contributed by atoms with Crippen LogP contribution in [0.2, 0.25) is 0 Å². The first-order valence-electron chi connectivity index (χ1n) is 10.6. The second-order valence-corrected chi connectivity index (χ2v) is 9.38. The van der Waals surface area contributed by atoms with Gasteiger partial charge in [-0.15, -0.1) is 10.2 Å². The maximum atomic E-state index is 13.4. The standard InChI is InChI=1S/C25H24N4O3S2/c1-3-32-21-12-8-7-11-20(21)27-23(30)22(17-9-5-4-6-10-17)33-25-29-28-24(34-25)26-18-13-15-19(31-2)16-14-18/h4-16,22H,3H2,1-2H3,(H,26,28)(H,27,30)/t22-/m1/s1. The van der Waals surface area contributed by atoms with Crippen molar-refractivity contribution in [1.29, 1.82) is 0 Å². The van der Waals surface area contributed by atoms with E-state index in [9.17, 15) is 4.79 Å². The van der Waals surface area contributed by atoms with Crippen molar-refractivity contribution in [2.45, 2.75) is 16.5 Å². The van der Waals surface area contributed by atoms with Gasteiger partial charge in [-0.25, -0.2) is 0 Å². The molecule has 174 valence electrons. The normalized spacial score (nSPS) is 11.5. The van der Waals surface area contributed by atoms with Gasteiger partial charge in [-0.05, 0) is 48.9 Å². The highest BCUT2D eigenvalue weighted by Gasteiger charge is 2.25. The Morgan fingerprint density at radius 1 is 1.00 bits per heavy atom. The molecule has 4 aromatic rings. The minimum atomic E-state index is -0.516. The third kappa shape index (κ3) is 6.06. The number of carbonyl (C=O) groups excluding carboxylic acids is 1. The Kier molecular flexibility index (Phi) is 8.00. The van der Waals surface area contributed by atoms with Gasteiger partial charge in [0.05, 0.1) is 19.4 Å². The summed E-state index contributed by atoms with van der Waals surface area (Å²) in [4.78, 5) is 13.4. The summed E-state index contributed by atoms with van der Waals surface area (Å²) >= 11 is 2.75. The Morgan fingerprint density at radius 3 is 2.47 bits per heavy atom. The predicted molar refractivity (Wildman–Crippen MR) is 137 cm³/mol. The average molecular weight is 493 g/mol. The highest BCUT2D eigenvalue weighted by molar-refractivity contribution is 8.02. The molecule has 0 aliphatic heterocycles. The van der Waals surface area contributed by atoms with E-state index in [1.54, 1.807) is 7.11 Å². The number of thioether (sulfide) groups is 1. The molecule has 1 atom stereocenters. The van der Waals surface area contributed by atoms with Gasteiger partial charge in [-0.3, -0.25) is 4.79 Å². The van der Waals surface area contributed by atoms with Gasteiger partial charge in [0.15, 0.2) is 4.34 Å². The highest BCUT2D eigenvalue weighted by Crippen LogP contribution is 2.39. The van der Waals surface area contributed by atoms with E-state index in [0.29, 0.717) is 27.5 Å². The molecule has 3 aromatic carbocycles. The molecular formula is C25H24N4O3S2. The van der Waals surface area contributed by atoms with Gasteiger partial charge < -0.3 is 20.1 Å². The number of anilines is 3. The van der Waals surface area contributed by atoms with Gasteiger partial charge in [0.2, 0.25) is 11.0 Å². The van der Waals surface area contributed by atoms with Crippen LogP contribution >= 0.6 is 23.1 Å². The van der Waals surface area contributed by atoms with Crippen LogP contribution in [0.5, 0.6) is 11.5 Å². The fourth-order valence-corrected chi connectivity index (χ4v) is 5.12. The van der Waals surface area contributed by atoms with Crippen LogP contribution in [0.3, 0.4) is 0 Å². The van der Waals surface area contributed by atoms with Gasteiger partial charge in [0.25, 0.3) is 0 Å². The summed E-state index contributed by atoms with van der Waals surface area (Å²) in [5.74, 6) is 1.25. The molecule has 0 saturated carbocycles. The fraction of sp³-hybridized carbons (Fsp3) is 0.160. The molecule has 0 bridgehead atoms. The monoisotopic (exact) mass is 492 g/mol. The second kappa shape index (κ2) is 11.5. The van der Waals surface area contributed by atoms with Crippen molar-refractivity contribution in [2.75, 3.05) is 24.4 Å². The van der Waals surface area contributed by atoms with Crippen LogP contribution in [-0.4, -0.2) is 29.8 Å². The van der Waals surface area contributed by atoms with Crippen molar-refractivity contribution in [3.63, 3.8) is 0 Å². The zero-order valence-electron chi connectivity index (χ0n) is 18.7. The van der Waals surface area contributed by atoms with E-state index < -0.39 is 5.25 Å². The van der Waals surface area contributed by atoms with Gasteiger partial charge in [-0.1, -0.05) is 65.6 Å². The molecule has 34 heavy (non-hydrogen) atoms. The minimum absolute atomic E-state index is 0.164. The third-order valence-corrected chi connectivity index (χ3v) is 6.93. The number of benzene rings is 3. The lowest BCUT2D eigenvalue weighted by molar-refractivity contribution is -0.115. The third-order valence-electron chi connectivity index (χ3n) is 4.75. The van der Waals surface area contributed by atoms with E-state index in [2.05, 4.69) is 20.8 Å². The van der Waals surface area contributed by atoms with E-state index >= 15 is 0 Å². The average Bonchev–Trinajstić information content (AvgIpc) is 3.31. The molecule has 2 N–H and O–H groups in total. The van der Waals surface area contributed by atoms with Crippen LogP contribution < -0.4 is 20.1 Å². The second-order valence-electron chi connectivity index (χ2n) is 7.05. The van der Waals surface area contributed by atoms with Gasteiger partial charge in [-0.2, -0.15) is 0 Å². The number of carbonyl (C=O) groups is 1. The number of hydrogen-bond donors (Lipinski definition) is 2. The molecule has 1 heterocycles. The highest BCUT2D eigenvalue weighted by atomic mass is 32.2. The Labute approximate surface area is 206 Å². The number of aromatic nitrogens is 2. The summed E-state index contributed by atoms with van der Waals surface area (Å²) in [5.41, 5.74) is 2.38. The van der Waals surface area contributed by atoms with Crippen LogP contribution in [0.1, 0.15) is 17.7 Å². The molecule has 1 amide bonds. The molecule has 9 heteroatoms. The van der Waals surface area contributed by atoms with E-state index in [0.717, 1.165) is 17.0 Å². The molecule has 0 radical (unpaired) electrons. The van der Waals surface area contributed by atoms with E-state index in [4.69, 9.17) is 9.47 Å². The minimum Gasteiger partial charge on any atom is -0.497 e. The predicted octanol–water partition coefficient (Wildman–Crippen LogP) is 6.16. The van der Waals surface area contributed by atoms with Crippen molar-refractivity contribution in [1.82, 2.24) is 10.2 Å². The quantitative estimate of drug-likeness (QED) is 0.256. The van der Waals surface area contributed by atoms with Crippen LogP contribution in [0.15, 0.2) is 83.2 Å². The van der Waals surface area contributed by atoms with Crippen LogP contribution in [0.4, 0.5) is 16.5 Å². The summed E-state index contributed by atoms with van der Waals surface area (Å²) < 4.78 is 11.5. The lowest BCUT2D eigenvalue weighted by atomic mass is 10.1. The zero-order chi connectivity index (χ0) is 23.8. The van der Waals surface area contributed by atoms with Crippen LogP contribution in [0.25, 0.3) is 0 Å². The zero-order valence-corrected chi connectivity index (χ0v) is 20.4. The summed E-state index contributed by atoms with van der Waals surface area (Å²) in [6.07, 6.45) is 0. The van der Waals surface area contributed by atoms with Crippen LogP contribution in [0, 0.1) is 0 Å². The Bertz CT molecular complexity index is 1220. The first kappa shape index (κ1) is 23.6. The maximum absolute atomic E-state index is 13.4. The van der Waals surface area contributed by atoms with Crippen molar-refractivity contribution in [2.24, 2.45) is 0 Å². The number of ether oxygens (including phenoxy) is 2. The number of nitrogens with zero attached hydrogens (tertiary/aromatic N) is 2.